The number of rotatable bonds is 10. The zero-order valence-electron chi connectivity index (χ0n) is 24.7. The minimum Gasteiger partial charge on any atom is -0.496 e. The van der Waals surface area contributed by atoms with Gasteiger partial charge >= 0.3 is 0 Å². The lowest BCUT2D eigenvalue weighted by atomic mass is 10.1. The van der Waals surface area contributed by atoms with Gasteiger partial charge in [0, 0.05) is 43.0 Å². The Bertz CT molecular complexity index is 1980. The quantitative estimate of drug-likeness (QED) is 0.199. The topological polar surface area (TPSA) is 119 Å². The number of amides is 1. The molecule has 0 atom stereocenters. The van der Waals surface area contributed by atoms with E-state index in [4.69, 9.17) is 28.4 Å². The first-order valence-corrected chi connectivity index (χ1v) is 14.1. The summed E-state index contributed by atoms with van der Waals surface area (Å²) in [6, 6.07) is 13.7. The molecule has 0 aliphatic carbocycles. The van der Waals surface area contributed by atoms with Gasteiger partial charge in [0.15, 0.2) is 23.1 Å². The smallest absolute Gasteiger partial charge is 0.271 e. The Labute approximate surface area is 260 Å². The lowest BCUT2D eigenvalue weighted by Gasteiger charge is -2.23. The highest BCUT2D eigenvalue weighted by Gasteiger charge is 2.25. The molecule has 0 saturated heterocycles. The Balaban J connectivity index is 1.27. The van der Waals surface area contributed by atoms with Crippen molar-refractivity contribution in [2.45, 2.75) is 0 Å². The molecule has 3 aromatic carbocycles. The number of carbonyl (C=O) groups excluding carboxylic acids is 1. The van der Waals surface area contributed by atoms with Crippen molar-refractivity contribution in [3.8, 4) is 40.2 Å². The Kier molecular flexibility index (Phi) is 8.65. The molecule has 0 unspecified atom stereocenters. The van der Waals surface area contributed by atoms with Crippen LogP contribution in [0, 0.1) is 11.6 Å². The number of halogens is 2. The Morgan fingerprint density at radius 3 is 2.43 bits per heavy atom. The Morgan fingerprint density at radius 1 is 0.913 bits per heavy atom. The van der Waals surface area contributed by atoms with E-state index in [-0.39, 0.29) is 41.7 Å². The predicted molar refractivity (Wildman–Crippen MR) is 163 cm³/mol. The normalized spacial score (nSPS) is 12.1. The largest absolute Gasteiger partial charge is 0.496 e. The van der Waals surface area contributed by atoms with Gasteiger partial charge in [-0.3, -0.25) is 19.1 Å². The van der Waals surface area contributed by atoms with E-state index >= 15 is 4.39 Å². The van der Waals surface area contributed by atoms with Crippen LogP contribution in [0.2, 0.25) is 0 Å². The van der Waals surface area contributed by atoms with E-state index in [1.807, 2.05) is 0 Å². The lowest BCUT2D eigenvalue weighted by molar-refractivity contribution is 0.102. The number of benzene rings is 3. The van der Waals surface area contributed by atoms with Crippen molar-refractivity contribution in [3.63, 3.8) is 0 Å². The van der Waals surface area contributed by atoms with Crippen molar-refractivity contribution in [3.05, 3.63) is 101 Å². The van der Waals surface area contributed by atoms with E-state index in [0.717, 1.165) is 6.07 Å². The van der Waals surface area contributed by atoms with Crippen molar-refractivity contribution in [2.24, 2.45) is 0 Å². The van der Waals surface area contributed by atoms with Gasteiger partial charge in [-0.15, -0.1) is 0 Å². The van der Waals surface area contributed by atoms with Crippen LogP contribution in [-0.4, -0.2) is 56.1 Å². The minimum atomic E-state index is -0.834. The zero-order valence-corrected chi connectivity index (χ0v) is 24.7. The fraction of sp³-hybridized carbons (Fsp3) is 0.182. The Hall–Kier alpha value is -5.69. The molecule has 46 heavy (non-hydrogen) atoms. The highest BCUT2D eigenvalue weighted by molar-refractivity contribution is 6.06. The third-order valence-electron chi connectivity index (χ3n) is 7.00. The second-order valence-corrected chi connectivity index (χ2v) is 9.89. The summed E-state index contributed by atoms with van der Waals surface area (Å²) in [5.41, 5.74) is -0.167. The van der Waals surface area contributed by atoms with E-state index in [0.29, 0.717) is 47.1 Å². The summed E-state index contributed by atoms with van der Waals surface area (Å²) >= 11 is 0. The molecule has 0 spiro atoms. The maximum atomic E-state index is 15.4. The summed E-state index contributed by atoms with van der Waals surface area (Å²) in [5, 5.41) is 2.99. The molecule has 1 aliphatic rings. The average Bonchev–Trinajstić information content (AvgIpc) is 3.06. The van der Waals surface area contributed by atoms with E-state index in [2.05, 4.69) is 10.3 Å². The van der Waals surface area contributed by atoms with Crippen LogP contribution in [0.4, 0.5) is 14.5 Å². The predicted octanol–water partition coefficient (Wildman–Crippen LogP) is 5.51. The number of hydrogen-bond donors (Lipinski definition) is 1. The third kappa shape index (κ3) is 6.00. The van der Waals surface area contributed by atoms with Gasteiger partial charge in [0.25, 0.3) is 11.5 Å². The fourth-order valence-corrected chi connectivity index (χ4v) is 4.88. The van der Waals surface area contributed by atoms with Gasteiger partial charge in [-0.25, -0.2) is 8.78 Å². The van der Waals surface area contributed by atoms with Crippen molar-refractivity contribution in [1.29, 1.82) is 0 Å². The molecule has 0 saturated carbocycles. The highest BCUT2D eigenvalue weighted by atomic mass is 19.1. The van der Waals surface area contributed by atoms with Crippen LogP contribution in [0.1, 0.15) is 10.4 Å². The molecule has 0 fully saturated rings. The first kappa shape index (κ1) is 30.3. The number of ether oxygens (including phenoxy) is 6. The Morgan fingerprint density at radius 2 is 1.70 bits per heavy atom. The number of pyridine rings is 2. The highest BCUT2D eigenvalue weighted by Crippen LogP contribution is 2.48. The summed E-state index contributed by atoms with van der Waals surface area (Å²) < 4.78 is 63.9. The first-order valence-electron chi connectivity index (χ1n) is 14.1. The summed E-state index contributed by atoms with van der Waals surface area (Å²) in [6.45, 7) is 1.24. The summed E-state index contributed by atoms with van der Waals surface area (Å²) in [4.78, 5) is 31.0. The van der Waals surface area contributed by atoms with E-state index < -0.39 is 23.1 Å². The first-order chi connectivity index (χ1) is 22.4. The molecule has 2 aromatic heterocycles. The van der Waals surface area contributed by atoms with E-state index in [1.54, 1.807) is 19.2 Å². The molecule has 3 heterocycles. The second-order valence-electron chi connectivity index (χ2n) is 9.89. The summed E-state index contributed by atoms with van der Waals surface area (Å²) in [7, 11) is 2.88. The lowest BCUT2D eigenvalue weighted by Crippen LogP contribution is -2.29. The van der Waals surface area contributed by atoms with Crippen molar-refractivity contribution >= 4 is 22.5 Å². The minimum absolute atomic E-state index is 0.00707. The molecule has 13 heteroatoms. The summed E-state index contributed by atoms with van der Waals surface area (Å²) in [6.07, 6.45) is 2.91. The number of fused-ring (bicyclic) bond motifs is 3. The number of anilines is 1. The zero-order chi connectivity index (χ0) is 32.2. The number of nitrogens with zero attached hydrogens (tertiary/aromatic N) is 2. The van der Waals surface area contributed by atoms with Crippen molar-refractivity contribution < 1.29 is 42.0 Å². The van der Waals surface area contributed by atoms with E-state index in [9.17, 15) is 14.0 Å². The van der Waals surface area contributed by atoms with Gasteiger partial charge < -0.3 is 33.7 Å². The van der Waals surface area contributed by atoms with Gasteiger partial charge in [-0.2, -0.15) is 0 Å². The maximum Gasteiger partial charge on any atom is 0.271 e. The third-order valence-corrected chi connectivity index (χ3v) is 7.00. The molecule has 6 rings (SSSR count). The molecule has 11 nitrogen and oxygen atoms in total. The molecular formula is C33H27F2N3O8. The molecular weight excluding hydrogens is 604 g/mol. The number of methoxy groups -OCH3 is 2. The van der Waals surface area contributed by atoms with Crippen molar-refractivity contribution in [2.75, 3.05) is 46.0 Å². The van der Waals surface area contributed by atoms with Gasteiger partial charge in [0.05, 0.1) is 24.6 Å². The van der Waals surface area contributed by atoms with Crippen molar-refractivity contribution in [1.82, 2.24) is 9.55 Å². The monoisotopic (exact) mass is 631 g/mol. The maximum absolute atomic E-state index is 15.4. The van der Waals surface area contributed by atoms with Gasteiger partial charge in [-0.1, -0.05) is 0 Å². The molecule has 1 amide bonds. The van der Waals surface area contributed by atoms with Crippen LogP contribution in [0.3, 0.4) is 0 Å². The van der Waals surface area contributed by atoms with Crippen LogP contribution >= 0.6 is 0 Å². The van der Waals surface area contributed by atoms with Crippen LogP contribution in [0.5, 0.6) is 34.5 Å². The van der Waals surface area contributed by atoms with Gasteiger partial charge in [-0.05, 0) is 48.5 Å². The molecule has 5 aromatic rings. The molecule has 1 N–H and O–H groups in total. The van der Waals surface area contributed by atoms with Gasteiger partial charge in [0.2, 0.25) is 5.75 Å². The van der Waals surface area contributed by atoms with Gasteiger partial charge in [0.1, 0.15) is 42.7 Å². The van der Waals surface area contributed by atoms with E-state index in [1.165, 1.54) is 66.5 Å². The average molecular weight is 632 g/mol. The van der Waals surface area contributed by atoms with Crippen LogP contribution < -0.4 is 34.6 Å². The molecule has 0 bridgehead atoms. The summed E-state index contributed by atoms with van der Waals surface area (Å²) in [5.74, 6) is -0.839. The number of carbonyl (C=O) groups is 1. The standard InChI is InChI=1S/C33H27F2N3O8/c1-41-13-14-43-27-18-23-28(31-30(27)44-15-16-45-31)26(9-11-36-23)46-24-8-5-20(17-22(24)35)37-32(39)29-25(42-2)10-12-38(33(29)40)21-6-3-19(34)4-7-21/h3-12,17-18H,13-16H2,1-2H3,(H,37,39). The second kappa shape index (κ2) is 13.1. The number of nitrogens with one attached hydrogen (secondary N) is 1. The van der Waals surface area contributed by atoms with Crippen LogP contribution in [0.25, 0.3) is 16.6 Å². The van der Waals surface area contributed by atoms with Crippen LogP contribution in [0.15, 0.2) is 77.9 Å². The molecule has 0 radical (unpaired) electrons. The number of hydrogen-bond acceptors (Lipinski definition) is 9. The SMILES string of the molecule is COCCOc1cc2nccc(Oc3ccc(NC(=O)c4c(OC)ccn(-c5ccc(F)cc5)c4=O)cc3F)c2c2c1OCCO2. The fourth-order valence-electron chi connectivity index (χ4n) is 4.88. The molecule has 1 aliphatic heterocycles. The van der Waals surface area contributed by atoms with Crippen LogP contribution in [-0.2, 0) is 4.74 Å². The number of aromatic nitrogens is 2. The molecule has 236 valence electrons.